The number of methoxy groups -OCH3 is 2. The minimum Gasteiger partial charge on any atom is -0.493 e. The fourth-order valence-corrected chi connectivity index (χ4v) is 7.14. The summed E-state index contributed by atoms with van der Waals surface area (Å²) in [7, 11) is 3.35. The van der Waals surface area contributed by atoms with Gasteiger partial charge in [-0.25, -0.2) is 4.79 Å². The van der Waals surface area contributed by atoms with Crippen molar-refractivity contribution in [1.29, 1.82) is 0 Å². The fourth-order valence-electron chi connectivity index (χ4n) is 7.14. The second-order valence-corrected chi connectivity index (χ2v) is 13.7. The summed E-state index contributed by atoms with van der Waals surface area (Å²) in [5.41, 5.74) is 9.61. The zero-order valence-electron chi connectivity index (χ0n) is 30.3. The van der Waals surface area contributed by atoms with Crippen LogP contribution < -0.4 is 20.1 Å². The molecule has 0 spiro atoms. The molecule has 7 rings (SSSR count). The van der Waals surface area contributed by atoms with Crippen molar-refractivity contribution in [1.82, 2.24) is 15.5 Å². The van der Waals surface area contributed by atoms with Crippen LogP contribution >= 0.6 is 0 Å². The Balaban J connectivity index is 1.03. The van der Waals surface area contributed by atoms with Crippen molar-refractivity contribution >= 4 is 6.03 Å². The molecule has 9 nitrogen and oxygen atoms in total. The number of hydrogen-bond acceptors (Lipinski definition) is 7. The first-order chi connectivity index (χ1) is 26.0. The van der Waals surface area contributed by atoms with Crippen LogP contribution in [0.4, 0.5) is 4.79 Å². The molecule has 1 fully saturated rings. The zero-order valence-corrected chi connectivity index (χ0v) is 30.3. The van der Waals surface area contributed by atoms with E-state index < -0.39 is 6.29 Å². The van der Waals surface area contributed by atoms with Crippen LogP contribution in [0.3, 0.4) is 0 Å². The van der Waals surface area contributed by atoms with Crippen LogP contribution in [0.25, 0.3) is 11.1 Å². The van der Waals surface area contributed by atoms with Crippen LogP contribution in [0.2, 0.25) is 0 Å². The Morgan fingerprint density at radius 2 is 1.42 bits per heavy atom. The van der Waals surface area contributed by atoms with Gasteiger partial charge in [0.2, 0.25) is 0 Å². The number of rotatable bonds is 12. The first-order valence-electron chi connectivity index (χ1n) is 18.2. The number of aliphatic hydroxyl groups excluding tert-OH is 1. The molecule has 53 heavy (non-hydrogen) atoms. The number of benzene rings is 5. The minimum absolute atomic E-state index is 0.00309. The van der Waals surface area contributed by atoms with E-state index >= 15 is 0 Å². The van der Waals surface area contributed by atoms with E-state index in [0.29, 0.717) is 19.5 Å². The molecule has 0 saturated carbocycles. The predicted octanol–water partition coefficient (Wildman–Crippen LogP) is 7.47. The lowest BCUT2D eigenvalue weighted by Gasteiger charge is -2.39. The third-order valence-electron chi connectivity index (χ3n) is 10.1. The van der Waals surface area contributed by atoms with Crippen LogP contribution in [-0.2, 0) is 42.1 Å². The number of aliphatic hydroxyl groups is 1. The molecule has 0 bridgehead atoms. The molecule has 5 aromatic carbocycles. The largest absolute Gasteiger partial charge is 0.493 e. The van der Waals surface area contributed by atoms with E-state index in [0.717, 1.165) is 76.5 Å². The molecule has 2 aliphatic rings. The molecule has 3 N–H and O–H groups in total. The van der Waals surface area contributed by atoms with Gasteiger partial charge in [0, 0.05) is 44.7 Å². The quantitative estimate of drug-likeness (QED) is 0.123. The number of nitrogens with zero attached hydrogens (tertiary/aromatic N) is 1. The third kappa shape index (κ3) is 9.07. The monoisotopic (exact) mass is 713 g/mol. The van der Waals surface area contributed by atoms with Gasteiger partial charge in [-0.15, -0.1) is 0 Å². The van der Waals surface area contributed by atoms with Gasteiger partial charge < -0.3 is 34.7 Å². The second-order valence-electron chi connectivity index (χ2n) is 13.7. The predicted molar refractivity (Wildman–Crippen MR) is 204 cm³/mol. The summed E-state index contributed by atoms with van der Waals surface area (Å²) in [4.78, 5) is 14.9. The molecule has 1 saturated heterocycles. The van der Waals surface area contributed by atoms with Crippen molar-refractivity contribution in [2.75, 3.05) is 27.3 Å². The van der Waals surface area contributed by atoms with Crippen molar-refractivity contribution in [3.05, 3.63) is 154 Å². The molecule has 9 heteroatoms. The van der Waals surface area contributed by atoms with Crippen LogP contribution in [0, 0.1) is 0 Å². The molecular weight excluding hydrogens is 666 g/mol. The number of carbonyl (C=O) groups is 1. The van der Waals surface area contributed by atoms with E-state index in [-0.39, 0.29) is 24.8 Å². The summed E-state index contributed by atoms with van der Waals surface area (Å²) in [6, 6.07) is 38.4. The number of ether oxygens (including phenoxy) is 4. The van der Waals surface area contributed by atoms with E-state index in [1.807, 2.05) is 66.7 Å². The van der Waals surface area contributed by atoms with Crippen molar-refractivity contribution < 1.29 is 28.8 Å². The van der Waals surface area contributed by atoms with Crippen molar-refractivity contribution in [2.24, 2.45) is 0 Å². The Hall–Kier alpha value is -5.19. The lowest BCUT2D eigenvalue weighted by Crippen LogP contribution is -2.41. The van der Waals surface area contributed by atoms with Crippen molar-refractivity contribution in [3.63, 3.8) is 0 Å². The fraction of sp³-hybridized carbons (Fsp3) is 0.295. The Morgan fingerprint density at radius 3 is 2.13 bits per heavy atom. The van der Waals surface area contributed by atoms with Gasteiger partial charge in [-0.1, -0.05) is 97.1 Å². The van der Waals surface area contributed by atoms with Gasteiger partial charge in [-0.2, -0.15) is 0 Å². The van der Waals surface area contributed by atoms with Crippen LogP contribution in [0.5, 0.6) is 11.5 Å². The summed E-state index contributed by atoms with van der Waals surface area (Å²) in [6.45, 7) is 3.39. The maximum absolute atomic E-state index is 12.4. The highest BCUT2D eigenvalue weighted by Gasteiger charge is 2.34. The van der Waals surface area contributed by atoms with Gasteiger partial charge in [-0.3, -0.25) is 4.90 Å². The topological polar surface area (TPSA) is 102 Å². The number of hydrogen-bond donors (Lipinski definition) is 3. The summed E-state index contributed by atoms with van der Waals surface area (Å²) in [5.74, 6) is 1.51. The van der Waals surface area contributed by atoms with Crippen molar-refractivity contribution in [2.45, 2.75) is 57.6 Å². The highest BCUT2D eigenvalue weighted by Crippen LogP contribution is 2.40. The van der Waals surface area contributed by atoms with Gasteiger partial charge in [0.05, 0.1) is 33.0 Å². The number of amides is 2. The van der Waals surface area contributed by atoms with E-state index in [1.54, 1.807) is 14.2 Å². The summed E-state index contributed by atoms with van der Waals surface area (Å²) in [5, 5.41) is 15.5. The van der Waals surface area contributed by atoms with E-state index in [2.05, 4.69) is 64.1 Å². The van der Waals surface area contributed by atoms with Crippen LogP contribution in [0.15, 0.2) is 115 Å². The van der Waals surface area contributed by atoms with E-state index in [1.165, 1.54) is 11.1 Å². The third-order valence-corrected chi connectivity index (χ3v) is 10.1. The molecule has 0 aliphatic carbocycles. The molecule has 2 aliphatic heterocycles. The normalized spacial score (nSPS) is 18.5. The minimum atomic E-state index is -0.545. The number of carbonyl (C=O) groups excluding carboxylic acids is 1. The highest BCUT2D eigenvalue weighted by atomic mass is 16.7. The van der Waals surface area contributed by atoms with Gasteiger partial charge in [0.15, 0.2) is 17.8 Å². The Morgan fingerprint density at radius 1 is 0.736 bits per heavy atom. The van der Waals surface area contributed by atoms with E-state index in [4.69, 9.17) is 18.9 Å². The standard InChI is InChI=1S/C44H47N3O6/c1-50-41-22-37-19-20-47(27-38(37)23-42(41)51-2)28-39-24-40(34-13-11-31(29-48)12-14-34)53-43(52-39)35-17-15-33(16-18-35)36-10-6-9-32(21-36)26-46-44(49)45-25-30-7-4-3-5-8-30/h3-18,21-23,39-40,43,48H,19-20,24-29H2,1-2H3,(H2,45,46,49)/t39-,40+,43+/m0/s1. The zero-order chi connectivity index (χ0) is 36.6. The van der Waals surface area contributed by atoms with Crippen LogP contribution in [-0.4, -0.2) is 49.5 Å². The molecule has 0 radical (unpaired) electrons. The van der Waals surface area contributed by atoms with Gasteiger partial charge in [0.1, 0.15) is 0 Å². The molecule has 3 atom stereocenters. The highest BCUT2D eigenvalue weighted by molar-refractivity contribution is 5.74. The molecule has 2 heterocycles. The lowest BCUT2D eigenvalue weighted by molar-refractivity contribution is -0.253. The number of nitrogens with one attached hydrogen (secondary N) is 2. The Kier molecular flexibility index (Phi) is 11.7. The summed E-state index contributed by atoms with van der Waals surface area (Å²) in [6.07, 6.45) is 0.868. The SMILES string of the molecule is COc1cc2c(cc1OC)CN(C[C@@H]1C[C@H](c3ccc(CO)cc3)O[C@H](c3ccc(-c4cccc(CNC(=O)NCc5ccccc5)c4)cc3)O1)CC2. The van der Waals surface area contributed by atoms with Gasteiger partial charge in [-0.05, 0) is 69.1 Å². The summed E-state index contributed by atoms with van der Waals surface area (Å²) < 4.78 is 24.5. The number of urea groups is 1. The molecule has 274 valence electrons. The Bertz CT molecular complexity index is 1970. The van der Waals surface area contributed by atoms with Gasteiger partial charge >= 0.3 is 6.03 Å². The second kappa shape index (κ2) is 17.1. The van der Waals surface area contributed by atoms with Crippen molar-refractivity contribution in [3.8, 4) is 22.6 Å². The summed E-state index contributed by atoms with van der Waals surface area (Å²) >= 11 is 0. The average molecular weight is 714 g/mol. The molecular formula is C44H47N3O6. The first kappa shape index (κ1) is 36.2. The van der Waals surface area contributed by atoms with Gasteiger partial charge in [0.25, 0.3) is 0 Å². The molecule has 5 aromatic rings. The Labute approximate surface area is 311 Å². The van der Waals surface area contributed by atoms with E-state index in [9.17, 15) is 9.90 Å². The van der Waals surface area contributed by atoms with Crippen LogP contribution in [0.1, 0.15) is 57.8 Å². The number of fused-ring (bicyclic) bond motifs is 1. The first-order valence-corrected chi connectivity index (χ1v) is 18.2. The average Bonchev–Trinajstić information content (AvgIpc) is 3.22. The maximum atomic E-state index is 12.4. The maximum Gasteiger partial charge on any atom is 0.315 e. The molecule has 2 amide bonds. The smallest absolute Gasteiger partial charge is 0.315 e. The molecule has 0 unspecified atom stereocenters. The lowest BCUT2D eigenvalue weighted by atomic mass is 9.96. The molecule has 0 aromatic heterocycles.